The normalized spacial score (nSPS) is 25.5. The van der Waals surface area contributed by atoms with E-state index >= 15 is 0 Å². The van der Waals surface area contributed by atoms with Gasteiger partial charge < -0.3 is 4.74 Å². The SMILES string of the molecule is CC1C(OCC2(c3ccccn3)CCCC2)CCCN1Cc1ccccc1. The number of likely N-dealkylation sites (tertiary alicyclic amines) is 1. The van der Waals surface area contributed by atoms with Gasteiger partial charge in [0.25, 0.3) is 0 Å². The molecular formula is C24H32N2O. The quantitative estimate of drug-likeness (QED) is 0.724. The fourth-order valence-electron chi connectivity index (χ4n) is 4.91. The molecule has 2 unspecified atom stereocenters. The molecule has 0 amide bonds. The van der Waals surface area contributed by atoms with E-state index in [0.29, 0.717) is 12.1 Å². The van der Waals surface area contributed by atoms with Gasteiger partial charge in [0.2, 0.25) is 0 Å². The molecule has 3 nitrogen and oxygen atoms in total. The third-order valence-electron chi connectivity index (χ3n) is 6.62. The van der Waals surface area contributed by atoms with E-state index < -0.39 is 0 Å². The zero-order chi connectivity index (χ0) is 18.5. The van der Waals surface area contributed by atoms with Gasteiger partial charge in [-0.25, -0.2) is 0 Å². The minimum Gasteiger partial charge on any atom is -0.376 e. The fourth-order valence-corrected chi connectivity index (χ4v) is 4.91. The first-order valence-corrected chi connectivity index (χ1v) is 10.6. The molecule has 0 spiro atoms. The highest BCUT2D eigenvalue weighted by Crippen LogP contribution is 2.41. The van der Waals surface area contributed by atoms with E-state index in [1.54, 1.807) is 0 Å². The number of benzene rings is 1. The first-order chi connectivity index (χ1) is 13.3. The Morgan fingerprint density at radius 3 is 2.56 bits per heavy atom. The Morgan fingerprint density at radius 2 is 1.81 bits per heavy atom. The standard InChI is InChI=1S/C24H32N2O/c1-20-22(12-9-17-26(20)18-21-10-3-2-4-11-21)27-19-24(14-6-7-15-24)23-13-5-8-16-25-23/h2-5,8,10-11,13,16,20,22H,6-7,9,12,14-15,17-19H2,1H3. The number of pyridine rings is 1. The highest BCUT2D eigenvalue weighted by atomic mass is 16.5. The minimum atomic E-state index is 0.128. The Labute approximate surface area is 163 Å². The Balaban J connectivity index is 1.41. The lowest BCUT2D eigenvalue weighted by molar-refractivity contribution is -0.0567. The van der Waals surface area contributed by atoms with Gasteiger partial charge in [-0.05, 0) is 56.8 Å². The summed E-state index contributed by atoms with van der Waals surface area (Å²) in [6.07, 6.45) is 9.64. The van der Waals surface area contributed by atoms with Crippen LogP contribution in [0.15, 0.2) is 54.7 Å². The molecule has 1 aromatic carbocycles. The lowest BCUT2D eigenvalue weighted by Gasteiger charge is -2.41. The molecule has 4 rings (SSSR count). The maximum absolute atomic E-state index is 6.62. The third-order valence-corrected chi connectivity index (χ3v) is 6.62. The Bertz CT molecular complexity index is 697. The predicted octanol–water partition coefficient (Wildman–Crippen LogP) is 4.96. The Kier molecular flexibility index (Phi) is 5.89. The number of ether oxygens (including phenoxy) is 1. The van der Waals surface area contributed by atoms with E-state index in [-0.39, 0.29) is 5.41 Å². The van der Waals surface area contributed by atoms with Gasteiger partial charge in [0, 0.05) is 29.9 Å². The van der Waals surface area contributed by atoms with Crippen molar-refractivity contribution in [3.05, 3.63) is 66.0 Å². The van der Waals surface area contributed by atoms with Crippen molar-refractivity contribution in [2.75, 3.05) is 13.2 Å². The van der Waals surface area contributed by atoms with Gasteiger partial charge in [0.15, 0.2) is 0 Å². The van der Waals surface area contributed by atoms with Gasteiger partial charge in [-0.1, -0.05) is 49.2 Å². The first kappa shape index (κ1) is 18.6. The summed E-state index contributed by atoms with van der Waals surface area (Å²) in [5.74, 6) is 0. The maximum atomic E-state index is 6.62. The van der Waals surface area contributed by atoms with Gasteiger partial charge in [-0.2, -0.15) is 0 Å². The van der Waals surface area contributed by atoms with Crippen LogP contribution in [-0.4, -0.2) is 35.2 Å². The molecule has 2 aliphatic rings. The van der Waals surface area contributed by atoms with Crippen LogP contribution in [0.2, 0.25) is 0 Å². The molecule has 2 atom stereocenters. The average Bonchev–Trinajstić information content (AvgIpc) is 3.20. The van der Waals surface area contributed by atoms with Crippen LogP contribution in [0, 0.1) is 0 Å². The van der Waals surface area contributed by atoms with E-state index in [1.165, 1.54) is 56.3 Å². The second-order valence-corrected chi connectivity index (χ2v) is 8.39. The summed E-state index contributed by atoms with van der Waals surface area (Å²) in [5.41, 5.74) is 2.75. The number of hydrogen-bond donors (Lipinski definition) is 0. The second-order valence-electron chi connectivity index (χ2n) is 8.39. The van der Waals surface area contributed by atoms with Crippen LogP contribution in [0.5, 0.6) is 0 Å². The average molecular weight is 365 g/mol. The van der Waals surface area contributed by atoms with Crippen molar-refractivity contribution in [1.29, 1.82) is 0 Å². The smallest absolute Gasteiger partial charge is 0.0728 e. The van der Waals surface area contributed by atoms with Crippen LogP contribution in [0.1, 0.15) is 56.7 Å². The van der Waals surface area contributed by atoms with Crippen LogP contribution in [0.4, 0.5) is 0 Å². The topological polar surface area (TPSA) is 25.4 Å². The number of rotatable bonds is 6. The molecule has 0 bridgehead atoms. The van der Waals surface area contributed by atoms with E-state index in [1.807, 2.05) is 12.3 Å². The minimum absolute atomic E-state index is 0.128. The molecule has 144 valence electrons. The third kappa shape index (κ3) is 4.25. The van der Waals surface area contributed by atoms with Crippen molar-refractivity contribution in [1.82, 2.24) is 9.88 Å². The van der Waals surface area contributed by atoms with Gasteiger partial charge in [0.1, 0.15) is 0 Å². The summed E-state index contributed by atoms with van der Waals surface area (Å²) in [6, 6.07) is 17.6. The molecule has 2 heterocycles. The number of piperidine rings is 1. The summed E-state index contributed by atoms with van der Waals surface area (Å²) in [4.78, 5) is 7.28. The molecule has 1 aromatic heterocycles. The lowest BCUT2D eigenvalue weighted by atomic mass is 9.83. The largest absolute Gasteiger partial charge is 0.376 e. The van der Waals surface area contributed by atoms with Crippen LogP contribution in [0.25, 0.3) is 0 Å². The van der Waals surface area contributed by atoms with Crippen molar-refractivity contribution in [2.45, 2.75) is 69.6 Å². The first-order valence-electron chi connectivity index (χ1n) is 10.6. The Morgan fingerprint density at radius 1 is 1.04 bits per heavy atom. The number of hydrogen-bond acceptors (Lipinski definition) is 3. The van der Waals surface area contributed by atoms with E-state index in [4.69, 9.17) is 9.72 Å². The molecule has 0 N–H and O–H groups in total. The molecule has 1 saturated heterocycles. The van der Waals surface area contributed by atoms with Crippen molar-refractivity contribution in [3.8, 4) is 0 Å². The van der Waals surface area contributed by atoms with E-state index in [2.05, 4.69) is 54.3 Å². The van der Waals surface area contributed by atoms with Crippen molar-refractivity contribution in [3.63, 3.8) is 0 Å². The van der Waals surface area contributed by atoms with Crippen molar-refractivity contribution >= 4 is 0 Å². The van der Waals surface area contributed by atoms with Gasteiger partial charge in [-0.3, -0.25) is 9.88 Å². The monoisotopic (exact) mass is 364 g/mol. The van der Waals surface area contributed by atoms with Crippen LogP contribution < -0.4 is 0 Å². The van der Waals surface area contributed by atoms with E-state index in [9.17, 15) is 0 Å². The molecule has 3 heteroatoms. The molecule has 1 aliphatic carbocycles. The van der Waals surface area contributed by atoms with Crippen LogP contribution >= 0.6 is 0 Å². The molecule has 1 saturated carbocycles. The molecule has 2 aromatic rings. The molecule has 2 fully saturated rings. The summed E-state index contributed by atoms with van der Waals surface area (Å²) in [7, 11) is 0. The van der Waals surface area contributed by atoms with Gasteiger partial charge in [-0.15, -0.1) is 0 Å². The summed E-state index contributed by atoms with van der Waals surface area (Å²) in [5, 5.41) is 0. The molecule has 27 heavy (non-hydrogen) atoms. The maximum Gasteiger partial charge on any atom is 0.0728 e. The summed E-state index contributed by atoms with van der Waals surface area (Å²) >= 11 is 0. The lowest BCUT2D eigenvalue weighted by Crippen LogP contribution is -2.48. The molecule has 1 aliphatic heterocycles. The molecular weight excluding hydrogens is 332 g/mol. The van der Waals surface area contributed by atoms with Crippen molar-refractivity contribution < 1.29 is 4.74 Å². The summed E-state index contributed by atoms with van der Waals surface area (Å²) in [6.45, 7) is 5.35. The fraction of sp³-hybridized carbons (Fsp3) is 0.542. The zero-order valence-corrected chi connectivity index (χ0v) is 16.5. The van der Waals surface area contributed by atoms with Crippen LogP contribution in [0.3, 0.4) is 0 Å². The van der Waals surface area contributed by atoms with E-state index in [0.717, 1.165) is 13.2 Å². The number of aromatic nitrogens is 1. The highest BCUT2D eigenvalue weighted by Gasteiger charge is 2.39. The van der Waals surface area contributed by atoms with Crippen LogP contribution in [-0.2, 0) is 16.7 Å². The molecule has 0 radical (unpaired) electrons. The summed E-state index contributed by atoms with van der Waals surface area (Å²) < 4.78 is 6.62. The Hall–Kier alpha value is -1.71. The number of nitrogens with zero attached hydrogens (tertiary/aromatic N) is 2. The van der Waals surface area contributed by atoms with Crippen molar-refractivity contribution in [2.24, 2.45) is 0 Å². The zero-order valence-electron chi connectivity index (χ0n) is 16.5. The predicted molar refractivity (Wildman–Crippen MR) is 110 cm³/mol. The van der Waals surface area contributed by atoms with Gasteiger partial charge in [0.05, 0.1) is 12.7 Å². The second kappa shape index (κ2) is 8.53. The highest BCUT2D eigenvalue weighted by molar-refractivity contribution is 5.19. The van der Waals surface area contributed by atoms with Gasteiger partial charge >= 0.3 is 0 Å².